The van der Waals surface area contributed by atoms with Crippen LogP contribution in [0.1, 0.15) is 38.0 Å². The van der Waals surface area contributed by atoms with E-state index in [2.05, 4.69) is 22.0 Å². The Morgan fingerprint density at radius 3 is 2.73 bits per heavy atom. The summed E-state index contributed by atoms with van der Waals surface area (Å²) < 4.78 is 5.50. The average molecular weight is 230 g/mol. The molecule has 4 nitrogen and oxygen atoms in total. The predicted molar refractivity (Wildman–Crippen MR) is 59.2 cm³/mol. The van der Waals surface area contributed by atoms with Crippen molar-refractivity contribution >= 4 is 17.6 Å². The topological polar surface area (TPSA) is 42.2 Å². The fraction of sp³-hybridized carbons (Fsp3) is 0.800. The molecule has 0 N–H and O–H groups in total. The van der Waals surface area contributed by atoms with Crippen LogP contribution in [0.25, 0.3) is 0 Å². The van der Waals surface area contributed by atoms with Crippen LogP contribution < -0.4 is 4.90 Å². The van der Waals surface area contributed by atoms with Crippen LogP contribution in [0.15, 0.2) is 4.42 Å². The minimum atomic E-state index is -0.217. The van der Waals surface area contributed by atoms with Crippen molar-refractivity contribution in [3.8, 4) is 0 Å². The number of halogens is 1. The van der Waals surface area contributed by atoms with Crippen molar-refractivity contribution in [2.75, 3.05) is 18.0 Å². The molecule has 0 spiro atoms. The van der Waals surface area contributed by atoms with Gasteiger partial charge in [0.05, 0.1) is 0 Å². The number of alkyl halides is 1. The molecule has 1 unspecified atom stereocenters. The van der Waals surface area contributed by atoms with E-state index in [9.17, 15) is 0 Å². The number of rotatable bonds is 5. The van der Waals surface area contributed by atoms with Crippen molar-refractivity contribution in [2.45, 2.75) is 32.1 Å². The second-order valence-electron chi connectivity index (χ2n) is 4.02. The third-order valence-electron chi connectivity index (χ3n) is 2.60. The van der Waals surface area contributed by atoms with Crippen molar-refractivity contribution in [1.82, 2.24) is 10.2 Å². The Balaban J connectivity index is 2.04. The van der Waals surface area contributed by atoms with E-state index in [1.54, 1.807) is 0 Å². The molecule has 5 heteroatoms. The molecule has 1 atom stereocenters. The second-order valence-corrected chi connectivity index (χ2v) is 4.68. The molecular weight excluding hydrogens is 214 g/mol. The maximum atomic E-state index is 5.87. The van der Waals surface area contributed by atoms with E-state index < -0.39 is 0 Å². The third kappa shape index (κ3) is 2.62. The summed E-state index contributed by atoms with van der Waals surface area (Å²) in [6.45, 7) is 5.84. The fourth-order valence-corrected chi connectivity index (χ4v) is 1.56. The Labute approximate surface area is 94.6 Å². The van der Waals surface area contributed by atoms with Gasteiger partial charge in [0.15, 0.2) is 0 Å². The molecule has 0 bridgehead atoms. The fourth-order valence-electron chi connectivity index (χ4n) is 1.47. The molecule has 0 radical (unpaired) electrons. The zero-order chi connectivity index (χ0) is 10.8. The maximum absolute atomic E-state index is 5.87. The summed E-state index contributed by atoms with van der Waals surface area (Å²) in [7, 11) is 0. The van der Waals surface area contributed by atoms with Crippen LogP contribution in [0.3, 0.4) is 0 Å². The Kier molecular flexibility index (Phi) is 3.14. The van der Waals surface area contributed by atoms with Crippen molar-refractivity contribution in [3.63, 3.8) is 0 Å². The summed E-state index contributed by atoms with van der Waals surface area (Å²) in [5.41, 5.74) is 0. The van der Waals surface area contributed by atoms with E-state index in [0.29, 0.717) is 11.9 Å². The monoisotopic (exact) mass is 229 g/mol. The molecule has 1 aliphatic carbocycles. The summed E-state index contributed by atoms with van der Waals surface area (Å²) in [6, 6.07) is 0.604. The van der Waals surface area contributed by atoms with Crippen molar-refractivity contribution in [3.05, 3.63) is 5.89 Å². The molecule has 2 rings (SSSR count). The lowest BCUT2D eigenvalue weighted by atomic mass is 10.4. The first-order chi connectivity index (χ1) is 7.20. The molecule has 1 fully saturated rings. The Bertz CT molecular complexity index is 322. The molecule has 1 aromatic heterocycles. The normalized spacial score (nSPS) is 17.8. The van der Waals surface area contributed by atoms with Crippen LogP contribution in [-0.2, 0) is 0 Å². The minimum absolute atomic E-state index is 0.217. The van der Waals surface area contributed by atoms with Crippen molar-refractivity contribution in [2.24, 2.45) is 5.92 Å². The predicted octanol–water partition coefficient (Wildman–Crippen LogP) is 2.61. The smallest absolute Gasteiger partial charge is 0.318 e. The van der Waals surface area contributed by atoms with Crippen LogP contribution in [0.5, 0.6) is 0 Å². The first-order valence-electron chi connectivity index (χ1n) is 5.43. The Hall–Kier alpha value is -0.770. The summed E-state index contributed by atoms with van der Waals surface area (Å²) in [5, 5.41) is 7.72. The van der Waals surface area contributed by atoms with Gasteiger partial charge in [-0.25, -0.2) is 0 Å². The molecule has 0 amide bonds. The van der Waals surface area contributed by atoms with Gasteiger partial charge in [-0.1, -0.05) is 5.10 Å². The van der Waals surface area contributed by atoms with Gasteiger partial charge in [0, 0.05) is 13.1 Å². The lowest BCUT2D eigenvalue weighted by molar-refractivity contribution is 0.481. The third-order valence-corrected chi connectivity index (χ3v) is 2.78. The summed E-state index contributed by atoms with van der Waals surface area (Å²) in [5.74, 6) is 1.31. The molecule has 84 valence electrons. The number of hydrogen-bond acceptors (Lipinski definition) is 4. The first kappa shape index (κ1) is 10.7. The van der Waals surface area contributed by atoms with Crippen molar-refractivity contribution < 1.29 is 4.42 Å². The quantitative estimate of drug-likeness (QED) is 0.728. The van der Waals surface area contributed by atoms with Gasteiger partial charge >= 0.3 is 6.01 Å². The molecular formula is C10H16ClN3O. The highest BCUT2D eigenvalue weighted by atomic mass is 35.5. The zero-order valence-corrected chi connectivity index (χ0v) is 9.87. The van der Waals surface area contributed by atoms with E-state index >= 15 is 0 Å². The number of aromatic nitrogens is 2. The van der Waals surface area contributed by atoms with Crippen LogP contribution in [0, 0.1) is 5.92 Å². The van der Waals surface area contributed by atoms with E-state index in [0.717, 1.165) is 19.0 Å². The van der Waals surface area contributed by atoms with E-state index in [1.807, 2.05) is 6.92 Å². The van der Waals surface area contributed by atoms with Crippen LogP contribution in [0.2, 0.25) is 0 Å². The number of nitrogens with zero attached hydrogens (tertiary/aromatic N) is 3. The minimum Gasteiger partial charge on any atom is -0.406 e. The van der Waals surface area contributed by atoms with Gasteiger partial charge in [0.25, 0.3) is 0 Å². The largest absolute Gasteiger partial charge is 0.406 e. The number of anilines is 1. The van der Waals surface area contributed by atoms with E-state index in [4.69, 9.17) is 16.0 Å². The molecule has 0 aliphatic heterocycles. The van der Waals surface area contributed by atoms with Gasteiger partial charge in [-0.2, -0.15) is 0 Å². The van der Waals surface area contributed by atoms with Gasteiger partial charge < -0.3 is 9.32 Å². The molecule has 1 aliphatic rings. The standard InChI is InChI=1S/C10H16ClN3O/c1-3-14(6-8-4-5-8)10-13-12-9(15-10)7(2)11/h7-8H,3-6H2,1-2H3. The zero-order valence-electron chi connectivity index (χ0n) is 9.11. The average Bonchev–Trinajstić information content (AvgIpc) is 2.89. The molecule has 15 heavy (non-hydrogen) atoms. The molecule has 1 aromatic rings. The van der Waals surface area contributed by atoms with E-state index in [-0.39, 0.29) is 5.38 Å². The van der Waals surface area contributed by atoms with Crippen LogP contribution in [0.4, 0.5) is 6.01 Å². The lowest BCUT2D eigenvalue weighted by Crippen LogP contribution is -2.25. The van der Waals surface area contributed by atoms with E-state index in [1.165, 1.54) is 12.8 Å². The maximum Gasteiger partial charge on any atom is 0.318 e. The highest BCUT2D eigenvalue weighted by Crippen LogP contribution is 2.31. The van der Waals surface area contributed by atoms with Crippen molar-refractivity contribution in [1.29, 1.82) is 0 Å². The lowest BCUT2D eigenvalue weighted by Gasteiger charge is -2.16. The summed E-state index contributed by atoms with van der Waals surface area (Å²) in [4.78, 5) is 2.12. The Morgan fingerprint density at radius 1 is 1.53 bits per heavy atom. The summed E-state index contributed by atoms with van der Waals surface area (Å²) in [6.07, 6.45) is 2.65. The molecule has 0 saturated heterocycles. The SMILES string of the molecule is CCN(CC1CC1)c1nnc(C(C)Cl)o1. The highest BCUT2D eigenvalue weighted by Gasteiger charge is 2.26. The van der Waals surface area contributed by atoms with Gasteiger partial charge in [-0.15, -0.1) is 16.7 Å². The van der Waals surface area contributed by atoms with Gasteiger partial charge in [-0.05, 0) is 32.6 Å². The molecule has 0 aromatic carbocycles. The van der Waals surface area contributed by atoms with Gasteiger partial charge in [0.2, 0.25) is 5.89 Å². The van der Waals surface area contributed by atoms with Gasteiger partial charge in [-0.3, -0.25) is 0 Å². The van der Waals surface area contributed by atoms with Crippen LogP contribution in [-0.4, -0.2) is 23.3 Å². The number of hydrogen-bond donors (Lipinski definition) is 0. The van der Waals surface area contributed by atoms with Gasteiger partial charge in [0.1, 0.15) is 5.38 Å². The van der Waals surface area contributed by atoms with Crippen LogP contribution >= 0.6 is 11.6 Å². The first-order valence-corrected chi connectivity index (χ1v) is 5.86. The molecule has 1 heterocycles. The highest BCUT2D eigenvalue weighted by molar-refractivity contribution is 6.20. The molecule has 1 saturated carbocycles. The Morgan fingerprint density at radius 2 is 2.27 bits per heavy atom. The summed E-state index contributed by atoms with van der Waals surface area (Å²) >= 11 is 5.87. The second kappa shape index (κ2) is 4.39.